The van der Waals surface area contributed by atoms with Crippen molar-refractivity contribution in [3.05, 3.63) is 58.9 Å². The predicted octanol–water partition coefficient (Wildman–Crippen LogP) is 2.12. The molecule has 1 spiro atoms. The fourth-order valence-corrected chi connectivity index (χ4v) is 4.59. The third-order valence-corrected chi connectivity index (χ3v) is 6.28. The number of likely N-dealkylation sites (tertiary alicyclic amines) is 1. The maximum Gasteiger partial charge on any atom is 0.323 e. The molecule has 1 unspecified atom stereocenters. The van der Waals surface area contributed by atoms with Crippen LogP contribution in [0.5, 0.6) is 5.75 Å². The third-order valence-electron chi connectivity index (χ3n) is 6.05. The number of hydrogen-bond donors (Lipinski definition) is 2. The molecule has 2 aromatic carbocycles. The zero-order valence-corrected chi connectivity index (χ0v) is 21.3. The summed E-state index contributed by atoms with van der Waals surface area (Å²) in [5.74, 6) is -3.41. The number of nitrogens with zero attached hydrogens (tertiary/aromatic N) is 4. The van der Waals surface area contributed by atoms with Gasteiger partial charge in [-0.1, -0.05) is 16.8 Å². The van der Waals surface area contributed by atoms with E-state index < -0.39 is 48.0 Å². The van der Waals surface area contributed by atoms with Crippen molar-refractivity contribution in [2.45, 2.75) is 25.3 Å². The molecule has 202 valence electrons. The van der Waals surface area contributed by atoms with Crippen LogP contribution in [0.3, 0.4) is 0 Å². The Balaban J connectivity index is 0.000000826. The van der Waals surface area contributed by atoms with E-state index in [9.17, 15) is 24.3 Å². The highest BCUT2D eigenvalue weighted by molar-refractivity contribution is 6.32. The average Bonchev–Trinajstić information content (AvgIpc) is 3.51. The lowest BCUT2D eigenvalue weighted by Crippen LogP contribution is -2.47. The Morgan fingerprint density at radius 1 is 1.08 bits per heavy atom. The summed E-state index contributed by atoms with van der Waals surface area (Å²) in [5, 5.41) is 20.8. The third kappa shape index (κ3) is 5.03. The number of carboxylic acid groups (broad SMARTS) is 2. The van der Waals surface area contributed by atoms with Crippen LogP contribution in [0.15, 0.2) is 47.0 Å². The molecule has 0 aliphatic carbocycles. The molecule has 1 atom stereocenters. The number of hydrogen-bond acceptors (Lipinski definition) is 9. The van der Waals surface area contributed by atoms with Crippen LogP contribution in [0.2, 0.25) is 5.02 Å². The molecule has 0 radical (unpaired) electrons. The number of aromatic nitrogens is 2. The van der Waals surface area contributed by atoms with Gasteiger partial charge in [0.2, 0.25) is 17.7 Å². The summed E-state index contributed by atoms with van der Waals surface area (Å²) in [6.07, 6.45) is -0.461. The number of benzene rings is 2. The number of rotatable bonds is 6. The molecule has 2 aliphatic heterocycles. The van der Waals surface area contributed by atoms with Crippen molar-refractivity contribution in [1.82, 2.24) is 15.0 Å². The van der Waals surface area contributed by atoms with E-state index in [-0.39, 0.29) is 34.5 Å². The van der Waals surface area contributed by atoms with Gasteiger partial charge in [-0.3, -0.25) is 33.8 Å². The minimum absolute atomic E-state index is 0.0636. The van der Waals surface area contributed by atoms with Crippen LogP contribution in [0, 0.1) is 0 Å². The molecule has 0 bridgehead atoms. The quantitative estimate of drug-likeness (QED) is 0.335. The van der Waals surface area contributed by atoms with E-state index in [2.05, 4.69) is 10.1 Å². The van der Waals surface area contributed by atoms with E-state index >= 15 is 0 Å². The highest BCUT2D eigenvalue weighted by Crippen LogP contribution is 2.49. The molecule has 2 aliphatic rings. The maximum atomic E-state index is 13.6. The van der Waals surface area contributed by atoms with Gasteiger partial charge in [0.15, 0.2) is 11.2 Å². The van der Waals surface area contributed by atoms with Crippen molar-refractivity contribution >= 4 is 46.9 Å². The topological polar surface area (TPSA) is 180 Å². The fourth-order valence-electron chi connectivity index (χ4n) is 4.42. The SMILES string of the molecule is CC(=O)O.COc1ccc(-c2nc(CN3C(=O)CC4(C3=O)C(=O)N(CC(=O)O)c3ccc(Cl)cc34)no2)cc1. The van der Waals surface area contributed by atoms with Gasteiger partial charge in [-0.15, -0.1) is 0 Å². The number of carbonyl (C=O) groups is 5. The number of carbonyl (C=O) groups excluding carboxylic acids is 3. The molecular formula is C25H21ClN4O9. The number of anilines is 1. The lowest BCUT2D eigenvalue weighted by atomic mass is 9.80. The number of amides is 3. The molecule has 0 saturated carbocycles. The van der Waals surface area contributed by atoms with Crippen LogP contribution in [0.1, 0.15) is 24.7 Å². The van der Waals surface area contributed by atoms with Gasteiger partial charge in [-0.05, 0) is 42.5 Å². The number of imide groups is 1. The molecule has 1 fully saturated rings. The standard InChI is InChI=1S/C23H17ClN4O7.C2H4O2/c1-34-14-5-2-12(3-6-14)20-25-17(26-35-20)10-28-18(29)9-23(22(28)33)15-8-13(24)4-7-16(15)27(21(23)32)11-19(30)31;1-2(3)4/h2-8H,9-11H2,1H3,(H,30,31);1H3,(H,3,4). The molecule has 5 rings (SSSR count). The van der Waals surface area contributed by atoms with Gasteiger partial charge in [-0.25, -0.2) is 0 Å². The van der Waals surface area contributed by atoms with Crippen molar-refractivity contribution in [2.75, 3.05) is 18.6 Å². The first-order valence-electron chi connectivity index (χ1n) is 11.3. The molecule has 3 heterocycles. The van der Waals surface area contributed by atoms with Crippen molar-refractivity contribution in [2.24, 2.45) is 0 Å². The minimum Gasteiger partial charge on any atom is -0.497 e. The molecule has 1 saturated heterocycles. The number of methoxy groups -OCH3 is 1. The highest BCUT2D eigenvalue weighted by Gasteiger charge is 2.64. The summed E-state index contributed by atoms with van der Waals surface area (Å²) >= 11 is 6.12. The Morgan fingerprint density at radius 3 is 2.33 bits per heavy atom. The number of halogens is 1. The summed E-state index contributed by atoms with van der Waals surface area (Å²) in [7, 11) is 1.54. The van der Waals surface area contributed by atoms with Gasteiger partial charge in [0, 0.05) is 28.8 Å². The van der Waals surface area contributed by atoms with E-state index in [1.54, 1.807) is 31.4 Å². The van der Waals surface area contributed by atoms with Gasteiger partial charge in [-0.2, -0.15) is 4.98 Å². The second kappa shape index (κ2) is 10.5. The van der Waals surface area contributed by atoms with E-state index in [0.29, 0.717) is 11.3 Å². The predicted molar refractivity (Wildman–Crippen MR) is 133 cm³/mol. The van der Waals surface area contributed by atoms with Gasteiger partial charge >= 0.3 is 5.97 Å². The number of carboxylic acids is 2. The summed E-state index contributed by atoms with van der Waals surface area (Å²) < 4.78 is 10.4. The smallest absolute Gasteiger partial charge is 0.323 e. The van der Waals surface area contributed by atoms with E-state index in [1.165, 1.54) is 18.2 Å². The first kappa shape index (κ1) is 27.3. The summed E-state index contributed by atoms with van der Waals surface area (Å²) in [5.41, 5.74) is -0.857. The molecular weight excluding hydrogens is 536 g/mol. The zero-order valence-electron chi connectivity index (χ0n) is 20.6. The first-order valence-corrected chi connectivity index (χ1v) is 11.7. The van der Waals surface area contributed by atoms with Crippen molar-refractivity contribution in [3.63, 3.8) is 0 Å². The second-order valence-corrected chi connectivity index (χ2v) is 9.01. The Bertz CT molecular complexity index is 1480. The van der Waals surface area contributed by atoms with Crippen molar-refractivity contribution in [1.29, 1.82) is 0 Å². The van der Waals surface area contributed by atoms with E-state index in [1.807, 2.05) is 0 Å². The second-order valence-electron chi connectivity index (χ2n) is 8.58. The molecule has 39 heavy (non-hydrogen) atoms. The van der Waals surface area contributed by atoms with Crippen molar-refractivity contribution in [3.8, 4) is 17.2 Å². The summed E-state index contributed by atoms with van der Waals surface area (Å²) in [6, 6.07) is 11.2. The van der Waals surface area contributed by atoms with Crippen LogP contribution in [-0.2, 0) is 35.9 Å². The fraction of sp³-hybridized carbons (Fsp3) is 0.240. The van der Waals surface area contributed by atoms with Crippen LogP contribution >= 0.6 is 11.6 Å². The van der Waals surface area contributed by atoms with Gasteiger partial charge in [0.25, 0.3) is 11.9 Å². The number of fused-ring (bicyclic) bond motifs is 2. The monoisotopic (exact) mass is 556 g/mol. The minimum atomic E-state index is -1.89. The molecule has 3 amide bonds. The van der Waals surface area contributed by atoms with Crippen LogP contribution in [0.25, 0.3) is 11.5 Å². The summed E-state index contributed by atoms with van der Waals surface area (Å²) in [6.45, 7) is 0.105. The highest BCUT2D eigenvalue weighted by atomic mass is 35.5. The Labute approximate surface area is 225 Å². The van der Waals surface area contributed by atoms with Crippen LogP contribution in [0.4, 0.5) is 5.69 Å². The Hall–Kier alpha value is -4.78. The Kier molecular flexibility index (Phi) is 7.36. The largest absolute Gasteiger partial charge is 0.497 e. The number of aliphatic carboxylic acids is 2. The average molecular weight is 557 g/mol. The molecule has 1 aromatic heterocycles. The molecule has 2 N–H and O–H groups in total. The van der Waals surface area contributed by atoms with Crippen molar-refractivity contribution < 1.29 is 43.4 Å². The normalized spacial score (nSPS) is 17.8. The van der Waals surface area contributed by atoms with Crippen LogP contribution < -0.4 is 9.64 Å². The number of ether oxygens (including phenoxy) is 1. The molecule has 3 aromatic rings. The zero-order chi connectivity index (χ0) is 28.5. The lowest BCUT2D eigenvalue weighted by Gasteiger charge is -2.21. The van der Waals surface area contributed by atoms with Gasteiger partial charge in [0.1, 0.15) is 12.3 Å². The summed E-state index contributed by atoms with van der Waals surface area (Å²) in [4.78, 5) is 66.4. The lowest BCUT2D eigenvalue weighted by molar-refractivity contribution is -0.143. The van der Waals surface area contributed by atoms with E-state index in [0.717, 1.165) is 16.7 Å². The van der Waals surface area contributed by atoms with Gasteiger partial charge in [0.05, 0.1) is 20.1 Å². The van der Waals surface area contributed by atoms with Gasteiger partial charge < -0.3 is 19.5 Å². The molecule has 14 heteroatoms. The van der Waals surface area contributed by atoms with Crippen LogP contribution in [-0.4, -0.2) is 68.6 Å². The maximum absolute atomic E-state index is 13.6. The first-order chi connectivity index (χ1) is 18.5. The molecule has 13 nitrogen and oxygen atoms in total. The Morgan fingerprint density at radius 2 is 1.72 bits per heavy atom. The van der Waals surface area contributed by atoms with E-state index in [4.69, 9.17) is 30.8 Å².